The highest BCUT2D eigenvalue weighted by Gasteiger charge is 2.23. The van der Waals surface area contributed by atoms with Crippen LogP contribution in [-0.4, -0.2) is 29.9 Å². The third kappa shape index (κ3) is 2.59. The molecule has 82 valence electrons. The van der Waals surface area contributed by atoms with Gasteiger partial charge in [-0.15, -0.1) is 11.3 Å². The van der Waals surface area contributed by atoms with Gasteiger partial charge in [-0.1, -0.05) is 0 Å². The summed E-state index contributed by atoms with van der Waals surface area (Å²) in [6.07, 6.45) is 2.04. The van der Waals surface area contributed by atoms with Gasteiger partial charge in [0.25, 0.3) is 5.91 Å². The molecule has 2 N–H and O–H groups in total. The van der Waals surface area contributed by atoms with Crippen molar-refractivity contribution >= 4 is 33.2 Å². The Morgan fingerprint density at radius 3 is 3.00 bits per heavy atom. The predicted octanol–water partition coefficient (Wildman–Crippen LogP) is 2.07. The first-order valence-corrected chi connectivity index (χ1v) is 6.58. The molecule has 5 heteroatoms. The monoisotopic (exact) mass is 288 g/mol. The van der Waals surface area contributed by atoms with E-state index < -0.39 is 0 Å². The second-order valence-electron chi connectivity index (χ2n) is 3.76. The van der Waals surface area contributed by atoms with Crippen molar-refractivity contribution in [2.75, 3.05) is 13.1 Å². The van der Waals surface area contributed by atoms with E-state index in [1.165, 1.54) is 11.3 Å². The number of rotatable bonds is 1. The van der Waals surface area contributed by atoms with Crippen LogP contribution in [-0.2, 0) is 0 Å². The molecule has 0 aliphatic carbocycles. The van der Waals surface area contributed by atoms with Crippen molar-refractivity contribution in [1.29, 1.82) is 0 Å². The Balaban J connectivity index is 2.07. The molecule has 0 radical (unpaired) electrons. The van der Waals surface area contributed by atoms with Gasteiger partial charge in [-0.25, -0.2) is 0 Å². The van der Waals surface area contributed by atoms with Gasteiger partial charge in [0.1, 0.15) is 0 Å². The van der Waals surface area contributed by atoms with Gasteiger partial charge in [0.05, 0.1) is 8.66 Å². The van der Waals surface area contributed by atoms with E-state index in [-0.39, 0.29) is 11.9 Å². The third-order valence-corrected chi connectivity index (χ3v) is 4.14. The van der Waals surface area contributed by atoms with Crippen molar-refractivity contribution < 1.29 is 4.79 Å². The average Bonchev–Trinajstić information content (AvgIpc) is 2.64. The molecule has 2 heterocycles. The molecular formula is C10H13BrN2OS. The molecule has 1 fully saturated rings. The number of nitrogens with zero attached hydrogens (tertiary/aromatic N) is 1. The van der Waals surface area contributed by atoms with Crippen molar-refractivity contribution in [3.8, 4) is 0 Å². The van der Waals surface area contributed by atoms with E-state index in [9.17, 15) is 4.79 Å². The van der Waals surface area contributed by atoms with Crippen LogP contribution in [0.5, 0.6) is 0 Å². The summed E-state index contributed by atoms with van der Waals surface area (Å²) in [4.78, 5) is 14.7. The Bertz CT molecular complexity index is 366. The summed E-state index contributed by atoms with van der Waals surface area (Å²) in [5.41, 5.74) is 5.85. The highest BCUT2D eigenvalue weighted by molar-refractivity contribution is 9.11. The van der Waals surface area contributed by atoms with Crippen LogP contribution in [0.4, 0.5) is 0 Å². The van der Waals surface area contributed by atoms with Gasteiger partial charge in [-0.3, -0.25) is 4.79 Å². The summed E-state index contributed by atoms with van der Waals surface area (Å²) in [5.74, 6) is 0.112. The minimum absolute atomic E-state index is 0.112. The van der Waals surface area contributed by atoms with E-state index >= 15 is 0 Å². The lowest BCUT2D eigenvalue weighted by molar-refractivity contribution is 0.0714. The Morgan fingerprint density at radius 2 is 2.40 bits per heavy atom. The van der Waals surface area contributed by atoms with Crippen LogP contribution < -0.4 is 5.73 Å². The maximum atomic E-state index is 12.0. The second kappa shape index (κ2) is 4.63. The molecule has 1 aromatic heterocycles. The Kier molecular flexibility index (Phi) is 3.43. The number of nitrogens with two attached hydrogens (primary N) is 1. The van der Waals surface area contributed by atoms with E-state index in [4.69, 9.17) is 5.73 Å². The fourth-order valence-corrected chi connectivity index (χ4v) is 3.13. The summed E-state index contributed by atoms with van der Waals surface area (Å²) >= 11 is 4.83. The molecule has 1 amide bonds. The first kappa shape index (κ1) is 11.1. The van der Waals surface area contributed by atoms with E-state index in [0.717, 1.165) is 28.0 Å². The van der Waals surface area contributed by atoms with Crippen molar-refractivity contribution in [3.63, 3.8) is 0 Å². The number of carbonyl (C=O) groups excluding carboxylic acids is 1. The molecular weight excluding hydrogens is 276 g/mol. The van der Waals surface area contributed by atoms with Gasteiger partial charge in [-0.05, 0) is 40.9 Å². The molecule has 1 aromatic rings. The molecule has 0 aromatic carbocycles. The number of likely N-dealkylation sites (tertiary alicyclic amines) is 1. The lowest BCUT2D eigenvalue weighted by atomic mass is 10.1. The van der Waals surface area contributed by atoms with Crippen LogP contribution in [0.2, 0.25) is 0 Å². The van der Waals surface area contributed by atoms with Gasteiger partial charge in [0.2, 0.25) is 0 Å². The van der Waals surface area contributed by atoms with Crippen LogP contribution in [0.15, 0.2) is 15.9 Å². The largest absolute Gasteiger partial charge is 0.336 e. The van der Waals surface area contributed by atoms with Crippen LogP contribution >= 0.6 is 27.3 Å². The van der Waals surface area contributed by atoms with Gasteiger partial charge < -0.3 is 10.6 Å². The zero-order valence-corrected chi connectivity index (χ0v) is 10.7. The molecule has 3 nitrogen and oxygen atoms in total. The fraction of sp³-hybridized carbons (Fsp3) is 0.500. The van der Waals surface area contributed by atoms with Gasteiger partial charge in [-0.2, -0.15) is 0 Å². The van der Waals surface area contributed by atoms with E-state index in [2.05, 4.69) is 15.9 Å². The Labute approximate surface area is 101 Å². The quantitative estimate of drug-likeness (QED) is 0.860. The summed E-state index contributed by atoms with van der Waals surface area (Å²) in [7, 11) is 0. The number of thiophene rings is 1. The predicted molar refractivity (Wildman–Crippen MR) is 65.1 cm³/mol. The van der Waals surface area contributed by atoms with Crippen LogP contribution in [0, 0.1) is 0 Å². The number of hydrogen-bond donors (Lipinski definition) is 1. The standard InChI is InChI=1S/C10H13BrN2OS/c11-9-4-3-8(15-9)10(14)13-5-1-2-7(12)6-13/h3-4,7H,1-2,5-6,12H2. The molecule has 0 spiro atoms. The number of hydrogen-bond acceptors (Lipinski definition) is 3. The van der Waals surface area contributed by atoms with Crippen molar-refractivity contribution in [2.24, 2.45) is 5.73 Å². The molecule has 15 heavy (non-hydrogen) atoms. The van der Waals surface area contributed by atoms with Crippen LogP contribution in [0.1, 0.15) is 22.5 Å². The summed E-state index contributed by atoms with van der Waals surface area (Å²) in [6.45, 7) is 1.52. The number of piperidine rings is 1. The summed E-state index contributed by atoms with van der Waals surface area (Å²) < 4.78 is 0.993. The molecule has 2 rings (SSSR count). The second-order valence-corrected chi connectivity index (χ2v) is 6.22. The molecule has 1 aliphatic heterocycles. The summed E-state index contributed by atoms with van der Waals surface area (Å²) in [5, 5.41) is 0. The third-order valence-electron chi connectivity index (χ3n) is 2.53. The normalized spacial score (nSPS) is 21.7. The van der Waals surface area contributed by atoms with Crippen molar-refractivity contribution in [1.82, 2.24) is 4.90 Å². The topological polar surface area (TPSA) is 46.3 Å². The maximum Gasteiger partial charge on any atom is 0.264 e. The molecule has 0 saturated carbocycles. The van der Waals surface area contributed by atoms with Gasteiger partial charge >= 0.3 is 0 Å². The van der Waals surface area contributed by atoms with Crippen LogP contribution in [0.3, 0.4) is 0 Å². The number of amides is 1. The van der Waals surface area contributed by atoms with E-state index in [1.54, 1.807) is 0 Å². The minimum Gasteiger partial charge on any atom is -0.336 e. The SMILES string of the molecule is NC1CCCN(C(=O)c2ccc(Br)s2)C1. The summed E-state index contributed by atoms with van der Waals surface area (Å²) in [6, 6.07) is 3.91. The maximum absolute atomic E-state index is 12.0. The lowest BCUT2D eigenvalue weighted by Gasteiger charge is -2.30. The van der Waals surface area contributed by atoms with Crippen LogP contribution in [0.25, 0.3) is 0 Å². The fourth-order valence-electron chi connectivity index (χ4n) is 1.78. The lowest BCUT2D eigenvalue weighted by Crippen LogP contribution is -2.45. The Morgan fingerprint density at radius 1 is 1.60 bits per heavy atom. The average molecular weight is 289 g/mol. The smallest absolute Gasteiger partial charge is 0.264 e. The van der Waals surface area contributed by atoms with Crippen molar-refractivity contribution in [3.05, 3.63) is 20.8 Å². The van der Waals surface area contributed by atoms with E-state index in [0.29, 0.717) is 6.54 Å². The number of carbonyl (C=O) groups is 1. The molecule has 1 unspecified atom stereocenters. The first-order chi connectivity index (χ1) is 7.16. The van der Waals surface area contributed by atoms with Gasteiger partial charge in [0, 0.05) is 19.1 Å². The first-order valence-electron chi connectivity index (χ1n) is 4.97. The van der Waals surface area contributed by atoms with Crippen molar-refractivity contribution in [2.45, 2.75) is 18.9 Å². The zero-order valence-electron chi connectivity index (χ0n) is 8.28. The van der Waals surface area contributed by atoms with Gasteiger partial charge in [0.15, 0.2) is 0 Å². The number of halogens is 1. The molecule has 1 saturated heterocycles. The minimum atomic E-state index is 0.112. The zero-order chi connectivity index (χ0) is 10.8. The van der Waals surface area contributed by atoms with E-state index in [1.807, 2.05) is 17.0 Å². The molecule has 1 aliphatic rings. The highest BCUT2D eigenvalue weighted by Crippen LogP contribution is 2.24. The Hall–Kier alpha value is -0.390. The highest BCUT2D eigenvalue weighted by atomic mass is 79.9. The molecule has 0 bridgehead atoms. The molecule has 1 atom stereocenters.